The first-order valence-electron chi connectivity index (χ1n) is 4.59. The first-order chi connectivity index (χ1) is 7.29. The Labute approximate surface area is 90.6 Å². The Hall–Kier alpha value is -1.27. The van der Waals surface area contributed by atoms with Crippen LogP contribution >= 0.6 is 0 Å². The number of nitrogens with two attached hydrogens (primary N) is 1. The fraction of sp³-hybridized carbons (Fsp3) is 0.400. The molecule has 0 aromatic heterocycles. The van der Waals surface area contributed by atoms with Gasteiger partial charge in [0.25, 0.3) is 0 Å². The van der Waals surface area contributed by atoms with Crippen LogP contribution in [0.25, 0.3) is 0 Å². The van der Waals surface area contributed by atoms with Crippen LogP contribution in [0.15, 0.2) is 24.3 Å². The summed E-state index contributed by atoms with van der Waals surface area (Å²) in [5, 5.41) is 9.56. The first kappa shape index (κ1) is 12.8. The number of hydrogen-bond donors (Lipinski definition) is 2. The molecule has 90 valence electrons. The molecular formula is C10H12F3NO2. The average molecular weight is 235 g/mol. The van der Waals surface area contributed by atoms with E-state index >= 15 is 0 Å². The summed E-state index contributed by atoms with van der Waals surface area (Å²) in [4.78, 5) is 0. The second-order valence-corrected chi connectivity index (χ2v) is 3.42. The van der Waals surface area contributed by atoms with Crippen LogP contribution < -0.4 is 10.5 Å². The third-order valence-electron chi connectivity index (χ3n) is 1.93. The lowest BCUT2D eigenvalue weighted by atomic mass is 10.0. The van der Waals surface area contributed by atoms with Gasteiger partial charge < -0.3 is 15.6 Å². The molecule has 0 aliphatic rings. The van der Waals surface area contributed by atoms with Crippen molar-refractivity contribution in [3.63, 3.8) is 0 Å². The highest BCUT2D eigenvalue weighted by atomic mass is 19.4. The molecule has 16 heavy (non-hydrogen) atoms. The molecule has 0 heterocycles. The maximum atomic E-state index is 11.9. The summed E-state index contributed by atoms with van der Waals surface area (Å²) in [5.74, 6) is -0.371. The van der Waals surface area contributed by atoms with Crippen molar-refractivity contribution >= 4 is 0 Å². The fourth-order valence-corrected chi connectivity index (χ4v) is 1.20. The molecule has 0 aliphatic heterocycles. The van der Waals surface area contributed by atoms with E-state index < -0.39 is 18.5 Å². The van der Waals surface area contributed by atoms with Crippen LogP contribution in [0.4, 0.5) is 13.2 Å². The zero-order valence-electron chi connectivity index (χ0n) is 8.53. The molecule has 0 bridgehead atoms. The van der Waals surface area contributed by atoms with Crippen LogP contribution in [0.1, 0.15) is 18.6 Å². The molecule has 2 unspecified atom stereocenters. The zero-order chi connectivity index (χ0) is 12.3. The van der Waals surface area contributed by atoms with Crippen LogP contribution in [0.2, 0.25) is 0 Å². The number of benzene rings is 1. The normalized spacial score (nSPS) is 15.6. The van der Waals surface area contributed by atoms with Crippen LogP contribution in [0.5, 0.6) is 5.75 Å². The topological polar surface area (TPSA) is 55.5 Å². The Morgan fingerprint density at radius 1 is 1.38 bits per heavy atom. The van der Waals surface area contributed by atoms with Crippen molar-refractivity contribution in [3.8, 4) is 5.75 Å². The highest BCUT2D eigenvalue weighted by Crippen LogP contribution is 2.26. The quantitative estimate of drug-likeness (QED) is 0.842. The maximum absolute atomic E-state index is 11.9. The molecule has 0 fully saturated rings. The van der Waals surface area contributed by atoms with E-state index in [1.165, 1.54) is 12.1 Å². The third-order valence-corrected chi connectivity index (χ3v) is 1.93. The molecule has 1 aromatic rings. The molecular weight excluding hydrogens is 223 g/mol. The lowest BCUT2D eigenvalue weighted by molar-refractivity contribution is -0.274. The standard InChI is InChI=1S/C10H12F3NO2/c1-6(14)9(15)7-3-2-4-8(5-7)16-10(11,12)13/h2-6,9,15H,14H2,1H3. The maximum Gasteiger partial charge on any atom is 0.573 e. The van der Waals surface area contributed by atoms with Crippen molar-refractivity contribution in [3.05, 3.63) is 29.8 Å². The summed E-state index contributed by atoms with van der Waals surface area (Å²) < 4.78 is 39.5. The zero-order valence-corrected chi connectivity index (χ0v) is 8.53. The molecule has 0 amide bonds. The van der Waals surface area contributed by atoms with E-state index in [4.69, 9.17) is 5.73 Å². The largest absolute Gasteiger partial charge is 0.573 e. The molecule has 0 saturated carbocycles. The summed E-state index contributed by atoms with van der Waals surface area (Å²) in [6, 6.07) is 4.55. The second kappa shape index (κ2) is 4.71. The minimum Gasteiger partial charge on any atom is -0.406 e. The van der Waals surface area contributed by atoms with Gasteiger partial charge in [-0.25, -0.2) is 0 Å². The molecule has 3 nitrogen and oxygen atoms in total. The van der Waals surface area contributed by atoms with Crippen LogP contribution in [0.3, 0.4) is 0 Å². The fourth-order valence-electron chi connectivity index (χ4n) is 1.20. The summed E-state index contributed by atoms with van der Waals surface area (Å²) >= 11 is 0. The minimum atomic E-state index is -4.74. The molecule has 1 aromatic carbocycles. The number of aliphatic hydroxyl groups excluding tert-OH is 1. The van der Waals surface area contributed by atoms with E-state index in [1.54, 1.807) is 6.92 Å². The molecule has 2 atom stereocenters. The van der Waals surface area contributed by atoms with Crippen LogP contribution in [-0.4, -0.2) is 17.5 Å². The molecule has 0 aliphatic carbocycles. The number of hydrogen-bond acceptors (Lipinski definition) is 3. The summed E-state index contributed by atoms with van der Waals surface area (Å²) in [6.07, 6.45) is -5.76. The van der Waals surface area contributed by atoms with Crippen LogP contribution in [0, 0.1) is 0 Å². The minimum absolute atomic E-state index is 0.289. The predicted octanol–water partition coefficient (Wildman–Crippen LogP) is 1.97. The Kier molecular flexibility index (Phi) is 3.77. The Morgan fingerprint density at radius 3 is 2.50 bits per heavy atom. The number of rotatable bonds is 3. The van der Waals surface area contributed by atoms with Crippen molar-refractivity contribution in [2.24, 2.45) is 5.73 Å². The highest BCUT2D eigenvalue weighted by Gasteiger charge is 2.31. The number of ether oxygens (including phenoxy) is 1. The molecule has 1 rings (SSSR count). The highest BCUT2D eigenvalue weighted by molar-refractivity contribution is 5.30. The number of aliphatic hydroxyl groups is 1. The third kappa shape index (κ3) is 3.71. The predicted molar refractivity (Wildman–Crippen MR) is 51.7 cm³/mol. The molecule has 3 N–H and O–H groups in total. The molecule has 0 saturated heterocycles. The van der Waals surface area contributed by atoms with Gasteiger partial charge in [-0.15, -0.1) is 13.2 Å². The van der Waals surface area contributed by atoms with Crippen molar-refractivity contribution in [2.45, 2.75) is 25.4 Å². The van der Waals surface area contributed by atoms with Crippen molar-refractivity contribution in [2.75, 3.05) is 0 Å². The SMILES string of the molecule is CC(N)C(O)c1cccc(OC(F)(F)F)c1. The molecule has 0 radical (unpaired) electrons. The lowest BCUT2D eigenvalue weighted by Gasteiger charge is -2.16. The van der Waals surface area contributed by atoms with Gasteiger partial charge in [0.05, 0.1) is 6.10 Å². The van der Waals surface area contributed by atoms with Gasteiger partial charge >= 0.3 is 6.36 Å². The van der Waals surface area contributed by atoms with Gasteiger partial charge in [0.2, 0.25) is 0 Å². The van der Waals surface area contributed by atoms with Gasteiger partial charge in [0.1, 0.15) is 5.75 Å². The monoisotopic (exact) mass is 235 g/mol. The Bertz CT molecular complexity index is 352. The number of halogens is 3. The van der Waals surface area contributed by atoms with Gasteiger partial charge in [0.15, 0.2) is 0 Å². The van der Waals surface area contributed by atoms with E-state index in [-0.39, 0.29) is 11.3 Å². The second-order valence-electron chi connectivity index (χ2n) is 3.42. The first-order valence-corrected chi connectivity index (χ1v) is 4.59. The molecule has 0 spiro atoms. The van der Waals surface area contributed by atoms with E-state index in [2.05, 4.69) is 4.74 Å². The van der Waals surface area contributed by atoms with E-state index in [9.17, 15) is 18.3 Å². The lowest BCUT2D eigenvalue weighted by Crippen LogP contribution is -2.24. The number of alkyl halides is 3. The van der Waals surface area contributed by atoms with Crippen LogP contribution in [-0.2, 0) is 0 Å². The Balaban J connectivity index is 2.87. The van der Waals surface area contributed by atoms with Gasteiger partial charge in [0, 0.05) is 6.04 Å². The van der Waals surface area contributed by atoms with Crippen molar-refractivity contribution in [1.82, 2.24) is 0 Å². The average Bonchev–Trinajstić information content (AvgIpc) is 2.14. The van der Waals surface area contributed by atoms with Crippen molar-refractivity contribution in [1.29, 1.82) is 0 Å². The smallest absolute Gasteiger partial charge is 0.406 e. The van der Waals surface area contributed by atoms with Crippen molar-refractivity contribution < 1.29 is 23.0 Å². The Morgan fingerprint density at radius 2 is 2.00 bits per heavy atom. The van der Waals surface area contributed by atoms with Gasteiger partial charge in [-0.3, -0.25) is 0 Å². The van der Waals surface area contributed by atoms with Gasteiger partial charge in [-0.1, -0.05) is 12.1 Å². The summed E-state index contributed by atoms with van der Waals surface area (Å²) in [6.45, 7) is 1.56. The summed E-state index contributed by atoms with van der Waals surface area (Å²) in [7, 11) is 0. The van der Waals surface area contributed by atoms with E-state index in [0.29, 0.717) is 0 Å². The van der Waals surface area contributed by atoms with Gasteiger partial charge in [-0.2, -0.15) is 0 Å². The van der Waals surface area contributed by atoms with E-state index in [1.807, 2.05) is 0 Å². The van der Waals surface area contributed by atoms with Gasteiger partial charge in [-0.05, 0) is 24.6 Å². The summed E-state index contributed by atoms with van der Waals surface area (Å²) in [5.41, 5.74) is 5.72. The molecule has 6 heteroatoms. The van der Waals surface area contributed by atoms with E-state index in [0.717, 1.165) is 12.1 Å².